The van der Waals surface area contributed by atoms with Gasteiger partial charge in [-0.3, -0.25) is 4.90 Å². The summed E-state index contributed by atoms with van der Waals surface area (Å²) in [5, 5.41) is 10.0. The van der Waals surface area contributed by atoms with Gasteiger partial charge < -0.3 is 9.84 Å². The van der Waals surface area contributed by atoms with E-state index < -0.39 is 0 Å². The SMILES string of the molecule is CC.Oc1ccc2c(c1)CCC(c1ccccc1)C2c1ccc(OCCN2CCCC2)cc1. The van der Waals surface area contributed by atoms with Crippen molar-refractivity contribution in [2.45, 2.75) is 51.4 Å². The first kappa shape index (κ1) is 23.4. The molecule has 0 radical (unpaired) electrons. The van der Waals surface area contributed by atoms with Gasteiger partial charge in [-0.2, -0.15) is 0 Å². The molecule has 2 aliphatic rings. The Morgan fingerprint density at radius 2 is 1.61 bits per heavy atom. The van der Waals surface area contributed by atoms with Gasteiger partial charge in [0.15, 0.2) is 0 Å². The van der Waals surface area contributed by atoms with Crippen molar-refractivity contribution in [1.82, 2.24) is 4.90 Å². The van der Waals surface area contributed by atoms with Crippen molar-refractivity contribution in [3.63, 3.8) is 0 Å². The summed E-state index contributed by atoms with van der Waals surface area (Å²) < 4.78 is 6.03. The first-order valence-electron chi connectivity index (χ1n) is 12.6. The molecule has 0 saturated carbocycles. The average Bonchev–Trinajstić information content (AvgIpc) is 3.39. The normalized spacial score (nSPS) is 19.9. The van der Waals surface area contributed by atoms with Crippen LogP contribution < -0.4 is 4.74 Å². The molecule has 1 aliphatic heterocycles. The summed E-state index contributed by atoms with van der Waals surface area (Å²) in [6.07, 6.45) is 4.71. The number of nitrogens with zero attached hydrogens (tertiary/aromatic N) is 1. The topological polar surface area (TPSA) is 32.7 Å². The maximum Gasteiger partial charge on any atom is 0.119 e. The van der Waals surface area contributed by atoms with Crippen LogP contribution in [0.1, 0.15) is 67.2 Å². The predicted molar refractivity (Wildman–Crippen MR) is 136 cm³/mol. The zero-order valence-electron chi connectivity index (χ0n) is 20.0. The fourth-order valence-electron chi connectivity index (χ4n) is 5.35. The number of phenols is 1. The number of aryl methyl sites for hydroxylation is 1. The molecule has 3 aromatic rings. The number of rotatable bonds is 6. The Labute approximate surface area is 199 Å². The van der Waals surface area contributed by atoms with Gasteiger partial charge in [0.25, 0.3) is 0 Å². The van der Waals surface area contributed by atoms with Crippen LogP contribution in [0, 0.1) is 0 Å². The van der Waals surface area contributed by atoms with Gasteiger partial charge in [-0.15, -0.1) is 0 Å². The molecule has 3 nitrogen and oxygen atoms in total. The van der Waals surface area contributed by atoms with E-state index in [1.54, 1.807) is 0 Å². The summed E-state index contributed by atoms with van der Waals surface area (Å²) in [6, 6.07) is 25.4. The molecule has 0 spiro atoms. The number of phenolic OH excluding ortho intramolecular Hbond substituents is 1. The van der Waals surface area contributed by atoms with E-state index in [9.17, 15) is 5.11 Å². The zero-order chi connectivity index (χ0) is 23.0. The van der Waals surface area contributed by atoms with E-state index in [0.29, 0.717) is 11.7 Å². The van der Waals surface area contributed by atoms with Crippen molar-refractivity contribution in [1.29, 1.82) is 0 Å². The zero-order valence-corrected chi connectivity index (χ0v) is 20.0. The average molecular weight is 444 g/mol. The van der Waals surface area contributed by atoms with Crippen LogP contribution >= 0.6 is 0 Å². The quantitative estimate of drug-likeness (QED) is 0.457. The van der Waals surface area contributed by atoms with Crippen molar-refractivity contribution in [3.8, 4) is 11.5 Å². The second kappa shape index (κ2) is 11.4. The van der Waals surface area contributed by atoms with Crippen molar-refractivity contribution in [3.05, 3.63) is 95.1 Å². The second-order valence-corrected chi connectivity index (χ2v) is 8.88. The van der Waals surface area contributed by atoms with Gasteiger partial charge in [0.1, 0.15) is 18.1 Å². The number of aromatic hydroxyl groups is 1. The van der Waals surface area contributed by atoms with Crippen molar-refractivity contribution in [2.24, 2.45) is 0 Å². The highest BCUT2D eigenvalue weighted by molar-refractivity contribution is 5.48. The van der Waals surface area contributed by atoms with Crippen LogP contribution in [-0.4, -0.2) is 36.2 Å². The molecule has 3 heteroatoms. The summed E-state index contributed by atoms with van der Waals surface area (Å²) in [5.41, 5.74) is 5.30. The molecule has 5 rings (SSSR count). The maximum absolute atomic E-state index is 10.0. The number of hydrogen-bond donors (Lipinski definition) is 1. The molecule has 3 aromatic carbocycles. The van der Waals surface area contributed by atoms with E-state index in [4.69, 9.17) is 4.74 Å². The lowest BCUT2D eigenvalue weighted by atomic mass is 9.69. The third kappa shape index (κ3) is 5.59. The fourth-order valence-corrected chi connectivity index (χ4v) is 5.35. The lowest BCUT2D eigenvalue weighted by molar-refractivity contribution is 0.237. The van der Waals surface area contributed by atoms with E-state index in [1.807, 2.05) is 26.0 Å². The molecule has 1 saturated heterocycles. The van der Waals surface area contributed by atoms with Crippen molar-refractivity contribution in [2.75, 3.05) is 26.2 Å². The molecule has 0 amide bonds. The minimum Gasteiger partial charge on any atom is -0.508 e. The lowest BCUT2D eigenvalue weighted by Crippen LogP contribution is -2.25. The highest BCUT2D eigenvalue weighted by Crippen LogP contribution is 2.47. The van der Waals surface area contributed by atoms with E-state index in [0.717, 1.165) is 31.7 Å². The molecule has 1 N–H and O–H groups in total. The second-order valence-electron chi connectivity index (χ2n) is 8.88. The number of ether oxygens (including phenoxy) is 1. The minimum atomic E-state index is 0.283. The number of fused-ring (bicyclic) bond motifs is 1. The number of hydrogen-bond acceptors (Lipinski definition) is 3. The van der Waals surface area contributed by atoms with Crippen molar-refractivity contribution < 1.29 is 9.84 Å². The molecule has 1 fully saturated rings. The van der Waals surface area contributed by atoms with Crippen LogP contribution in [0.4, 0.5) is 0 Å². The molecule has 2 atom stereocenters. The third-order valence-corrected chi connectivity index (χ3v) is 6.93. The van der Waals surface area contributed by atoms with Gasteiger partial charge in [-0.25, -0.2) is 0 Å². The van der Waals surface area contributed by atoms with Crippen molar-refractivity contribution >= 4 is 0 Å². The highest BCUT2D eigenvalue weighted by Gasteiger charge is 2.32. The Morgan fingerprint density at radius 1 is 0.879 bits per heavy atom. The Kier molecular flexibility index (Phi) is 8.06. The molecule has 1 aliphatic carbocycles. The van der Waals surface area contributed by atoms with Crippen LogP contribution in [0.2, 0.25) is 0 Å². The fraction of sp³-hybridized carbons (Fsp3) is 0.400. The molecule has 0 aromatic heterocycles. The van der Waals surface area contributed by atoms with Gasteiger partial charge in [0.2, 0.25) is 0 Å². The molecule has 0 bridgehead atoms. The summed E-state index contributed by atoms with van der Waals surface area (Å²) in [5.74, 6) is 2.02. The highest BCUT2D eigenvalue weighted by atomic mass is 16.5. The first-order chi connectivity index (χ1) is 16.3. The third-order valence-electron chi connectivity index (χ3n) is 6.93. The van der Waals surface area contributed by atoms with Gasteiger partial charge in [-0.1, -0.05) is 62.4 Å². The van der Waals surface area contributed by atoms with Crippen LogP contribution in [0.15, 0.2) is 72.8 Å². The molecule has 174 valence electrons. The van der Waals surface area contributed by atoms with Gasteiger partial charge in [0.05, 0.1) is 0 Å². The Balaban J connectivity index is 0.00000126. The minimum absolute atomic E-state index is 0.283. The van der Waals surface area contributed by atoms with Gasteiger partial charge >= 0.3 is 0 Å². The predicted octanol–water partition coefficient (Wildman–Crippen LogP) is 6.75. The van der Waals surface area contributed by atoms with E-state index in [2.05, 4.69) is 65.6 Å². The number of likely N-dealkylation sites (tertiary alicyclic amines) is 1. The van der Waals surface area contributed by atoms with E-state index >= 15 is 0 Å². The Bertz CT molecular complexity index is 994. The molecule has 33 heavy (non-hydrogen) atoms. The van der Waals surface area contributed by atoms with Gasteiger partial charge in [-0.05, 0) is 91.2 Å². The molecular formula is C30H37NO2. The lowest BCUT2D eigenvalue weighted by Gasteiger charge is -2.35. The molecule has 1 heterocycles. The van der Waals surface area contributed by atoms with Gasteiger partial charge in [0, 0.05) is 12.5 Å². The largest absolute Gasteiger partial charge is 0.508 e. The first-order valence-corrected chi connectivity index (χ1v) is 12.6. The van der Waals surface area contributed by atoms with Crippen LogP contribution in [-0.2, 0) is 6.42 Å². The van der Waals surface area contributed by atoms with Crippen LogP contribution in [0.25, 0.3) is 0 Å². The summed E-state index contributed by atoms with van der Waals surface area (Å²) in [6.45, 7) is 8.18. The monoisotopic (exact) mass is 443 g/mol. The Morgan fingerprint density at radius 3 is 2.33 bits per heavy atom. The summed E-state index contributed by atoms with van der Waals surface area (Å²) >= 11 is 0. The number of benzene rings is 3. The summed E-state index contributed by atoms with van der Waals surface area (Å²) in [7, 11) is 0. The smallest absolute Gasteiger partial charge is 0.119 e. The maximum atomic E-state index is 10.0. The van der Waals surface area contributed by atoms with E-state index in [1.165, 1.54) is 48.2 Å². The van der Waals surface area contributed by atoms with Crippen LogP contribution in [0.3, 0.4) is 0 Å². The standard InChI is InChI=1S/C28H31NO2.C2H6/c30-24-11-15-27-23(20-24)10-14-26(21-6-2-1-3-7-21)28(27)22-8-12-25(13-9-22)31-19-18-29-16-4-5-17-29;1-2/h1-3,6-9,11-13,15,20,26,28,30H,4-5,10,14,16-19H2;1-2H3. The van der Waals surface area contributed by atoms with E-state index in [-0.39, 0.29) is 5.92 Å². The molecule has 2 unspecified atom stereocenters. The van der Waals surface area contributed by atoms with Crippen LogP contribution in [0.5, 0.6) is 11.5 Å². The molecular weight excluding hydrogens is 406 g/mol. The Hall–Kier alpha value is -2.78. The summed E-state index contributed by atoms with van der Waals surface area (Å²) in [4.78, 5) is 2.48.